The summed E-state index contributed by atoms with van der Waals surface area (Å²) in [4.78, 5) is 17.8. The smallest absolute Gasteiger partial charge is 0.255 e. The number of aromatic nitrogens is 2. The Kier molecular flexibility index (Phi) is 3.02. The standard InChI is InChI=1S/C8H14N4O/c1-5-6(3-2-4-9)7(13)12-8(10)11-5/h2-4,9H2,1H3,(H3,10,11,12,13). The monoisotopic (exact) mass is 182 g/mol. The van der Waals surface area contributed by atoms with Crippen LogP contribution in [0.1, 0.15) is 17.7 Å². The van der Waals surface area contributed by atoms with Gasteiger partial charge in [0.2, 0.25) is 5.95 Å². The first kappa shape index (κ1) is 9.73. The van der Waals surface area contributed by atoms with Crippen molar-refractivity contribution in [1.29, 1.82) is 0 Å². The SMILES string of the molecule is Cc1nc(N)[nH]c(=O)c1CCCN. The molecule has 0 aliphatic carbocycles. The Hall–Kier alpha value is -1.36. The van der Waals surface area contributed by atoms with E-state index >= 15 is 0 Å². The van der Waals surface area contributed by atoms with Crippen molar-refractivity contribution in [2.45, 2.75) is 19.8 Å². The first-order chi connectivity index (χ1) is 6.15. The molecule has 5 nitrogen and oxygen atoms in total. The van der Waals surface area contributed by atoms with Gasteiger partial charge in [-0.3, -0.25) is 9.78 Å². The van der Waals surface area contributed by atoms with E-state index in [4.69, 9.17) is 11.5 Å². The minimum atomic E-state index is -0.154. The zero-order chi connectivity index (χ0) is 9.84. The maximum absolute atomic E-state index is 11.4. The molecule has 0 unspecified atom stereocenters. The van der Waals surface area contributed by atoms with Crippen LogP contribution >= 0.6 is 0 Å². The fourth-order valence-corrected chi connectivity index (χ4v) is 1.21. The van der Waals surface area contributed by atoms with Crippen LogP contribution in [0.5, 0.6) is 0 Å². The van der Waals surface area contributed by atoms with Gasteiger partial charge in [0, 0.05) is 11.3 Å². The molecular formula is C8H14N4O. The number of H-pyrrole nitrogens is 1. The van der Waals surface area contributed by atoms with E-state index in [9.17, 15) is 4.79 Å². The number of aromatic amines is 1. The van der Waals surface area contributed by atoms with E-state index in [2.05, 4.69) is 9.97 Å². The average molecular weight is 182 g/mol. The van der Waals surface area contributed by atoms with Gasteiger partial charge in [0.05, 0.1) is 0 Å². The quantitative estimate of drug-likeness (QED) is 0.589. The molecule has 0 saturated carbocycles. The van der Waals surface area contributed by atoms with Gasteiger partial charge < -0.3 is 11.5 Å². The number of anilines is 1. The summed E-state index contributed by atoms with van der Waals surface area (Å²) in [5, 5.41) is 0. The summed E-state index contributed by atoms with van der Waals surface area (Å²) in [7, 11) is 0. The predicted molar refractivity (Wildman–Crippen MR) is 51.4 cm³/mol. The second-order valence-corrected chi connectivity index (χ2v) is 2.91. The predicted octanol–water partition coefficient (Wildman–Crippen LogP) is -0.448. The van der Waals surface area contributed by atoms with Crippen molar-refractivity contribution in [3.63, 3.8) is 0 Å². The van der Waals surface area contributed by atoms with E-state index in [0.717, 1.165) is 6.42 Å². The summed E-state index contributed by atoms with van der Waals surface area (Å²) in [6.07, 6.45) is 1.44. The molecule has 72 valence electrons. The molecule has 5 heteroatoms. The summed E-state index contributed by atoms with van der Waals surface area (Å²) in [5.41, 5.74) is 11.9. The van der Waals surface area contributed by atoms with Crippen molar-refractivity contribution < 1.29 is 0 Å². The number of rotatable bonds is 3. The molecule has 1 aromatic heterocycles. The van der Waals surface area contributed by atoms with Crippen molar-refractivity contribution in [3.05, 3.63) is 21.6 Å². The molecule has 0 aliphatic rings. The molecule has 0 bridgehead atoms. The topological polar surface area (TPSA) is 97.8 Å². The Bertz CT molecular complexity index is 344. The molecule has 0 aromatic carbocycles. The number of nitrogen functional groups attached to an aromatic ring is 1. The normalized spacial score (nSPS) is 10.3. The molecule has 0 radical (unpaired) electrons. The van der Waals surface area contributed by atoms with E-state index in [1.165, 1.54) is 0 Å². The fourth-order valence-electron chi connectivity index (χ4n) is 1.21. The van der Waals surface area contributed by atoms with Gasteiger partial charge in [-0.05, 0) is 26.3 Å². The lowest BCUT2D eigenvalue weighted by Crippen LogP contribution is -2.19. The second-order valence-electron chi connectivity index (χ2n) is 2.91. The Morgan fingerprint density at radius 2 is 2.23 bits per heavy atom. The van der Waals surface area contributed by atoms with E-state index in [0.29, 0.717) is 24.2 Å². The molecule has 1 heterocycles. The van der Waals surface area contributed by atoms with Gasteiger partial charge >= 0.3 is 0 Å². The second kappa shape index (κ2) is 4.04. The van der Waals surface area contributed by atoms with Crippen LogP contribution < -0.4 is 17.0 Å². The van der Waals surface area contributed by atoms with Gasteiger partial charge in [-0.15, -0.1) is 0 Å². The number of nitrogens with zero attached hydrogens (tertiary/aromatic N) is 1. The Morgan fingerprint density at radius 3 is 2.77 bits per heavy atom. The van der Waals surface area contributed by atoms with Gasteiger partial charge in [-0.2, -0.15) is 0 Å². The Morgan fingerprint density at radius 1 is 1.54 bits per heavy atom. The van der Waals surface area contributed by atoms with Crippen LogP contribution in [0.15, 0.2) is 4.79 Å². The molecule has 0 saturated heterocycles. The summed E-state index contributed by atoms with van der Waals surface area (Å²) < 4.78 is 0. The van der Waals surface area contributed by atoms with Gasteiger partial charge in [-0.1, -0.05) is 0 Å². The van der Waals surface area contributed by atoms with Crippen LogP contribution in [0, 0.1) is 6.92 Å². The maximum atomic E-state index is 11.4. The molecule has 5 N–H and O–H groups in total. The van der Waals surface area contributed by atoms with Gasteiger partial charge in [-0.25, -0.2) is 4.98 Å². The van der Waals surface area contributed by atoms with Crippen LogP contribution in [-0.2, 0) is 6.42 Å². The lowest BCUT2D eigenvalue weighted by molar-refractivity contribution is 0.807. The van der Waals surface area contributed by atoms with Crippen LogP contribution in [-0.4, -0.2) is 16.5 Å². The highest BCUT2D eigenvalue weighted by molar-refractivity contribution is 5.24. The van der Waals surface area contributed by atoms with Crippen LogP contribution in [0.2, 0.25) is 0 Å². The van der Waals surface area contributed by atoms with Crippen molar-refractivity contribution >= 4 is 5.95 Å². The average Bonchev–Trinajstić information content (AvgIpc) is 2.02. The van der Waals surface area contributed by atoms with Gasteiger partial charge in [0.15, 0.2) is 0 Å². The molecule has 13 heavy (non-hydrogen) atoms. The Balaban J connectivity index is 2.99. The third-order valence-electron chi connectivity index (χ3n) is 1.87. The largest absolute Gasteiger partial charge is 0.369 e. The molecule has 1 aromatic rings. The van der Waals surface area contributed by atoms with Gasteiger partial charge in [0.25, 0.3) is 5.56 Å². The molecule has 0 atom stereocenters. The number of nitrogens with one attached hydrogen (secondary N) is 1. The zero-order valence-electron chi connectivity index (χ0n) is 7.63. The van der Waals surface area contributed by atoms with Crippen LogP contribution in [0.3, 0.4) is 0 Å². The minimum Gasteiger partial charge on any atom is -0.369 e. The van der Waals surface area contributed by atoms with Crippen molar-refractivity contribution in [2.24, 2.45) is 5.73 Å². The molecule has 1 rings (SSSR count). The minimum absolute atomic E-state index is 0.154. The molecule has 0 spiro atoms. The molecule has 0 amide bonds. The van der Waals surface area contributed by atoms with E-state index in [1.807, 2.05) is 0 Å². The summed E-state index contributed by atoms with van der Waals surface area (Å²) in [5.74, 6) is 0.166. The van der Waals surface area contributed by atoms with E-state index < -0.39 is 0 Å². The van der Waals surface area contributed by atoms with E-state index in [-0.39, 0.29) is 11.5 Å². The lowest BCUT2D eigenvalue weighted by atomic mass is 10.1. The number of hydrogen-bond acceptors (Lipinski definition) is 4. The number of hydrogen-bond donors (Lipinski definition) is 3. The first-order valence-electron chi connectivity index (χ1n) is 4.20. The third kappa shape index (κ3) is 2.29. The van der Waals surface area contributed by atoms with E-state index in [1.54, 1.807) is 6.92 Å². The molecule has 0 aliphatic heterocycles. The highest BCUT2D eigenvalue weighted by atomic mass is 16.1. The van der Waals surface area contributed by atoms with Crippen LogP contribution in [0.25, 0.3) is 0 Å². The maximum Gasteiger partial charge on any atom is 0.255 e. The highest BCUT2D eigenvalue weighted by Crippen LogP contribution is 2.02. The molecule has 0 fully saturated rings. The molecular weight excluding hydrogens is 168 g/mol. The third-order valence-corrected chi connectivity index (χ3v) is 1.87. The fraction of sp³-hybridized carbons (Fsp3) is 0.500. The Labute approximate surface area is 76.2 Å². The van der Waals surface area contributed by atoms with Crippen molar-refractivity contribution in [3.8, 4) is 0 Å². The van der Waals surface area contributed by atoms with Crippen molar-refractivity contribution in [2.75, 3.05) is 12.3 Å². The first-order valence-corrected chi connectivity index (χ1v) is 4.20. The lowest BCUT2D eigenvalue weighted by Gasteiger charge is -2.03. The highest BCUT2D eigenvalue weighted by Gasteiger charge is 2.05. The number of nitrogens with two attached hydrogens (primary N) is 2. The summed E-state index contributed by atoms with van der Waals surface area (Å²) in [6.45, 7) is 2.35. The zero-order valence-corrected chi connectivity index (χ0v) is 7.63. The summed E-state index contributed by atoms with van der Waals surface area (Å²) in [6, 6.07) is 0. The summed E-state index contributed by atoms with van der Waals surface area (Å²) >= 11 is 0. The van der Waals surface area contributed by atoms with Gasteiger partial charge in [0.1, 0.15) is 0 Å². The number of aryl methyl sites for hydroxylation is 1. The van der Waals surface area contributed by atoms with Crippen molar-refractivity contribution in [1.82, 2.24) is 9.97 Å². The van der Waals surface area contributed by atoms with Crippen LogP contribution in [0.4, 0.5) is 5.95 Å².